The van der Waals surface area contributed by atoms with Gasteiger partial charge >= 0.3 is 30.9 Å². The number of phenolic OH excluding ortho intramolecular Hbond substituents is 2. The van der Waals surface area contributed by atoms with Crippen LogP contribution < -0.4 is 15.3 Å². The third-order valence-corrected chi connectivity index (χ3v) is 7.86. The number of fused-ring (bicyclic) bond motifs is 1. The summed E-state index contributed by atoms with van der Waals surface area (Å²) in [6.07, 6.45) is -0.357. The minimum absolute atomic E-state index is 0.00269. The zero-order valence-electron chi connectivity index (χ0n) is 23.3. The van der Waals surface area contributed by atoms with Crippen LogP contribution in [-0.4, -0.2) is 100 Å². The third-order valence-electron chi connectivity index (χ3n) is 7.46. The molecule has 0 unspecified atom stereocenters. The van der Waals surface area contributed by atoms with Crippen LogP contribution in [0.2, 0.25) is 10.8 Å². The summed E-state index contributed by atoms with van der Waals surface area (Å²) >= 11 is 6.24. The SMILES string of the molecule is CNCCN1CCN(C(=O)N[C@@H](C(=O)C[C@H]2Cc3ccc(C)c(C(=O)O)c3OB2O)c2ccc(O)c(O)c2Cl)C(=O)C1=O. The van der Waals surface area contributed by atoms with Gasteiger partial charge in [-0.05, 0) is 37.6 Å². The molecule has 43 heavy (non-hydrogen) atoms. The van der Waals surface area contributed by atoms with E-state index < -0.39 is 71.5 Å². The van der Waals surface area contributed by atoms with E-state index in [1.54, 1.807) is 26.1 Å². The Morgan fingerprint density at radius 1 is 1.14 bits per heavy atom. The Morgan fingerprint density at radius 3 is 2.53 bits per heavy atom. The number of hydrogen-bond donors (Lipinski definition) is 6. The molecule has 16 heteroatoms. The summed E-state index contributed by atoms with van der Waals surface area (Å²) < 4.78 is 5.54. The molecular formula is C27H30BClN4O10. The van der Waals surface area contributed by atoms with Gasteiger partial charge in [0.2, 0.25) is 0 Å². The lowest BCUT2D eigenvalue weighted by Gasteiger charge is -2.33. The number of amides is 4. The second kappa shape index (κ2) is 12.9. The average Bonchev–Trinajstić information content (AvgIpc) is 2.96. The number of phenols is 2. The second-order valence-electron chi connectivity index (χ2n) is 10.3. The Hall–Kier alpha value is -4.34. The van der Waals surface area contributed by atoms with Gasteiger partial charge in [0.15, 0.2) is 17.3 Å². The summed E-state index contributed by atoms with van der Waals surface area (Å²) in [5.74, 6) is -6.15. The lowest BCUT2D eigenvalue weighted by atomic mass is 9.64. The molecule has 6 N–H and O–H groups in total. The molecule has 0 saturated carbocycles. The van der Waals surface area contributed by atoms with Crippen molar-refractivity contribution in [3.05, 3.63) is 51.5 Å². The molecule has 1 saturated heterocycles. The van der Waals surface area contributed by atoms with Gasteiger partial charge in [0.1, 0.15) is 17.4 Å². The van der Waals surface area contributed by atoms with E-state index in [0.29, 0.717) is 22.6 Å². The van der Waals surface area contributed by atoms with Crippen LogP contribution in [0.1, 0.15) is 39.5 Å². The van der Waals surface area contributed by atoms with Crippen molar-refractivity contribution < 1.29 is 49.0 Å². The van der Waals surface area contributed by atoms with Gasteiger partial charge in [-0.2, -0.15) is 0 Å². The molecular weight excluding hydrogens is 587 g/mol. The highest BCUT2D eigenvalue weighted by Gasteiger charge is 2.42. The first-order chi connectivity index (χ1) is 20.3. The Kier molecular flexibility index (Phi) is 9.47. The number of nitrogens with zero attached hydrogens (tertiary/aromatic N) is 2. The van der Waals surface area contributed by atoms with Crippen molar-refractivity contribution in [3.8, 4) is 17.2 Å². The predicted octanol–water partition coefficient (Wildman–Crippen LogP) is 0.844. The molecule has 0 aromatic heterocycles. The van der Waals surface area contributed by atoms with Crippen LogP contribution in [0.15, 0.2) is 24.3 Å². The van der Waals surface area contributed by atoms with Gasteiger partial charge in [-0.3, -0.25) is 19.3 Å². The minimum Gasteiger partial charge on any atom is -0.535 e. The van der Waals surface area contributed by atoms with Crippen LogP contribution >= 0.6 is 11.6 Å². The summed E-state index contributed by atoms with van der Waals surface area (Å²) in [5.41, 5.74) is 0.654. The van der Waals surface area contributed by atoms with E-state index in [0.717, 1.165) is 6.07 Å². The maximum atomic E-state index is 13.7. The smallest absolute Gasteiger partial charge is 0.526 e. The highest BCUT2D eigenvalue weighted by atomic mass is 35.5. The zero-order valence-corrected chi connectivity index (χ0v) is 24.1. The van der Waals surface area contributed by atoms with Gasteiger partial charge in [-0.25, -0.2) is 9.59 Å². The molecule has 0 bridgehead atoms. The standard InChI is InChI=1S/C27H30BClN4O10/c1-13-3-4-14-11-15(28(42)43-23(14)19(13)26(39)40)12-18(35)21(16-5-6-17(34)22(36)20(16)29)31-27(41)33-10-9-32(8-7-30-2)24(37)25(33)38/h3-6,15,21,30,34,36,42H,7-12H2,1-2H3,(H,31,41)(H,39,40)/t15-,21-/m1/s1. The topological polar surface area (TPSA) is 206 Å². The minimum atomic E-state index is -1.59. The molecule has 2 aliphatic heterocycles. The molecule has 14 nitrogen and oxygen atoms in total. The van der Waals surface area contributed by atoms with E-state index in [1.165, 1.54) is 11.0 Å². The number of nitrogens with one attached hydrogen (secondary N) is 2. The quantitative estimate of drug-likeness (QED) is 0.132. The number of benzene rings is 2. The molecule has 4 rings (SSSR count). The summed E-state index contributed by atoms with van der Waals surface area (Å²) in [7, 11) is 0.103. The third kappa shape index (κ3) is 6.38. The van der Waals surface area contributed by atoms with E-state index >= 15 is 0 Å². The Morgan fingerprint density at radius 2 is 1.86 bits per heavy atom. The first kappa shape index (κ1) is 31.6. The van der Waals surface area contributed by atoms with Crippen LogP contribution in [0.4, 0.5) is 4.79 Å². The maximum absolute atomic E-state index is 13.7. The number of carbonyl (C=O) groups is 5. The summed E-state index contributed by atoms with van der Waals surface area (Å²) in [6.45, 7) is 2.19. The highest BCUT2D eigenvalue weighted by Crippen LogP contribution is 2.41. The number of aromatic carboxylic acids is 1. The number of rotatable bonds is 9. The fourth-order valence-corrected chi connectivity index (χ4v) is 5.36. The van der Waals surface area contributed by atoms with Crippen molar-refractivity contribution in [1.82, 2.24) is 20.4 Å². The first-order valence-corrected chi connectivity index (χ1v) is 13.7. The van der Waals surface area contributed by atoms with Crippen LogP contribution in [0.3, 0.4) is 0 Å². The normalized spacial score (nSPS) is 17.3. The fraction of sp³-hybridized carbons (Fsp3) is 0.370. The first-order valence-electron chi connectivity index (χ1n) is 13.3. The van der Waals surface area contributed by atoms with E-state index in [2.05, 4.69) is 10.6 Å². The number of halogens is 1. The number of hydrogen-bond acceptors (Lipinski definition) is 10. The number of imide groups is 1. The van der Waals surface area contributed by atoms with Crippen molar-refractivity contribution in [2.24, 2.45) is 0 Å². The molecule has 0 aliphatic carbocycles. The Balaban J connectivity index is 1.59. The zero-order chi connectivity index (χ0) is 31.6. The molecule has 228 valence electrons. The van der Waals surface area contributed by atoms with Crippen LogP contribution in [-0.2, 0) is 20.8 Å². The van der Waals surface area contributed by atoms with Gasteiger partial charge in [-0.1, -0.05) is 29.8 Å². The largest absolute Gasteiger partial charge is 0.535 e. The second-order valence-corrected chi connectivity index (χ2v) is 10.6. The van der Waals surface area contributed by atoms with Crippen molar-refractivity contribution in [2.75, 3.05) is 33.2 Å². The number of carboxylic acids is 1. The lowest BCUT2D eigenvalue weighted by Crippen LogP contribution is -2.59. The fourth-order valence-electron chi connectivity index (χ4n) is 5.09. The molecule has 1 fully saturated rings. The van der Waals surface area contributed by atoms with Gasteiger partial charge in [0.25, 0.3) is 0 Å². The molecule has 2 heterocycles. The van der Waals surface area contributed by atoms with Gasteiger partial charge < -0.3 is 40.5 Å². The van der Waals surface area contributed by atoms with Gasteiger partial charge in [0.05, 0.1) is 5.02 Å². The highest BCUT2D eigenvalue weighted by molar-refractivity contribution is 6.47. The lowest BCUT2D eigenvalue weighted by molar-refractivity contribution is -0.153. The van der Waals surface area contributed by atoms with Gasteiger partial charge in [0, 0.05) is 44.0 Å². The summed E-state index contributed by atoms with van der Waals surface area (Å²) in [6, 6.07) is 2.82. The summed E-state index contributed by atoms with van der Waals surface area (Å²) in [5, 5.41) is 45.2. The number of likely N-dealkylation sites (N-methyl/N-ethyl adjacent to an activating group) is 1. The monoisotopic (exact) mass is 616 g/mol. The number of urea groups is 1. The molecule has 4 amide bonds. The molecule has 2 atom stereocenters. The molecule has 0 radical (unpaired) electrons. The van der Waals surface area contributed by atoms with Crippen LogP contribution in [0, 0.1) is 6.92 Å². The molecule has 2 aromatic rings. The van der Waals surface area contributed by atoms with Crippen molar-refractivity contribution >= 4 is 48.3 Å². The predicted molar refractivity (Wildman–Crippen MR) is 152 cm³/mol. The molecule has 2 aromatic carbocycles. The number of aromatic hydroxyl groups is 2. The molecule has 2 aliphatic rings. The number of ketones is 1. The number of aryl methyl sites for hydroxylation is 1. The van der Waals surface area contributed by atoms with Crippen LogP contribution in [0.25, 0.3) is 0 Å². The van der Waals surface area contributed by atoms with Crippen LogP contribution in [0.5, 0.6) is 17.2 Å². The van der Waals surface area contributed by atoms with Crippen molar-refractivity contribution in [2.45, 2.75) is 31.6 Å². The Bertz CT molecular complexity index is 1490. The number of Topliss-reactive ketones (excluding diaryl/α,β-unsaturated/α-hetero) is 1. The number of piperazine rings is 1. The summed E-state index contributed by atoms with van der Waals surface area (Å²) in [4.78, 5) is 66.0. The van der Waals surface area contributed by atoms with E-state index in [4.69, 9.17) is 16.3 Å². The number of carboxylic acid groups (broad SMARTS) is 1. The number of carbonyl (C=O) groups excluding carboxylic acids is 4. The Labute approximate surface area is 251 Å². The maximum Gasteiger partial charge on any atom is 0.526 e. The van der Waals surface area contributed by atoms with Crippen molar-refractivity contribution in [1.29, 1.82) is 0 Å². The molecule has 0 spiro atoms. The van der Waals surface area contributed by atoms with Crippen molar-refractivity contribution in [3.63, 3.8) is 0 Å². The average molecular weight is 617 g/mol. The van der Waals surface area contributed by atoms with E-state index in [1.807, 2.05) is 0 Å². The van der Waals surface area contributed by atoms with E-state index in [9.17, 15) is 44.3 Å². The van der Waals surface area contributed by atoms with E-state index in [-0.39, 0.29) is 42.9 Å². The van der Waals surface area contributed by atoms with Gasteiger partial charge in [-0.15, -0.1) is 0 Å².